The van der Waals surface area contributed by atoms with Crippen molar-refractivity contribution in [3.05, 3.63) is 199 Å². The molecular formula is C49H34N2S. The summed E-state index contributed by atoms with van der Waals surface area (Å²) < 4.78 is 6.12. The average Bonchev–Trinajstić information content (AvgIpc) is 3.84. The third-order valence-corrected chi connectivity index (χ3v) is 11.8. The Balaban J connectivity index is 1.10. The van der Waals surface area contributed by atoms with E-state index in [0.29, 0.717) is 0 Å². The second-order valence-corrected chi connectivity index (χ2v) is 14.5. The molecule has 0 saturated heterocycles. The van der Waals surface area contributed by atoms with Gasteiger partial charge >= 0.3 is 0 Å². The quantitative estimate of drug-likeness (QED) is 0.155. The first-order valence-electron chi connectivity index (χ1n) is 17.7. The van der Waals surface area contributed by atoms with E-state index in [1.165, 1.54) is 86.4 Å². The molecule has 52 heavy (non-hydrogen) atoms. The van der Waals surface area contributed by atoms with E-state index in [4.69, 9.17) is 0 Å². The lowest BCUT2D eigenvalue weighted by Crippen LogP contribution is -1.96. The maximum atomic E-state index is 4.08. The molecule has 0 aliphatic carbocycles. The Morgan fingerprint density at radius 1 is 0.500 bits per heavy atom. The normalized spacial score (nSPS) is 12.1. The van der Waals surface area contributed by atoms with E-state index in [1.54, 1.807) is 0 Å². The van der Waals surface area contributed by atoms with Crippen molar-refractivity contribution in [1.82, 2.24) is 9.13 Å². The number of nitrogens with zero attached hydrogens (tertiary/aromatic N) is 2. The van der Waals surface area contributed by atoms with Crippen LogP contribution in [0.4, 0.5) is 0 Å². The summed E-state index contributed by atoms with van der Waals surface area (Å²) in [6.07, 6.45) is 4.06. The Hall–Kier alpha value is -6.42. The third kappa shape index (κ3) is 4.71. The summed E-state index contributed by atoms with van der Waals surface area (Å²) in [6, 6.07) is 59.7. The number of thiophene rings is 1. The van der Waals surface area contributed by atoms with Gasteiger partial charge in [-0.3, -0.25) is 0 Å². The molecule has 0 bridgehead atoms. The van der Waals surface area contributed by atoms with Crippen molar-refractivity contribution in [3.63, 3.8) is 0 Å². The van der Waals surface area contributed by atoms with Crippen LogP contribution in [-0.4, -0.2) is 9.13 Å². The predicted octanol–water partition coefficient (Wildman–Crippen LogP) is 13.7. The van der Waals surface area contributed by atoms with E-state index in [9.17, 15) is 0 Å². The summed E-state index contributed by atoms with van der Waals surface area (Å²) in [6.45, 7) is 6.31. The molecule has 2 nitrogen and oxygen atoms in total. The second-order valence-electron chi connectivity index (χ2n) is 13.4. The Kier molecular flexibility index (Phi) is 7.09. The molecule has 0 radical (unpaired) electrons. The van der Waals surface area contributed by atoms with Gasteiger partial charge < -0.3 is 9.13 Å². The minimum atomic E-state index is 1.14. The summed E-state index contributed by atoms with van der Waals surface area (Å²) in [7, 11) is 0. The van der Waals surface area contributed by atoms with Gasteiger partial charge in [0.2, 0.25) is 0 Å². The van der Waals surface area contributed by atoms with Crippen LogP contribution in [0.25, 0.3) is 81.8 Å². The van der Waals surface area contributed by atoms with E-state index in [1.807, 2.05) is 17.4 Å². The number of aromatic nitrogens is 2. The summed E-state index contributed by atoms with van der Waals surface area (Å²) in [5.41, 5.74) is 13.2. The van der Waals surface area contributed by atoms with Crippen LogP contribution in [0, 0.1) is 6.92 Å². The van der Waals surface area contributed by atoms with Crippen molar-refractivity contribution in [3.8, 4) is 22.5 Å². The van der Waals surface area contributed by atoms with Crippen molar-refractivity contribution < 1.29 is 0 Å². The number of allylic oxidation sites excluding steroid dienone is 2. The van der Waals surface area contributed by atoms with Crippen LogP contribution in [0.3, 0.4) is 0 Å². The number of aryl methyl sites for hydroxylation is 1. The zero-order valence-electron chi connectivity index (χ0n) is 28.8. The molecule has 10 aromatic rings. The van der Waals surface area contributed by atoms with E-state index in [-0.39, 0.29) is 0 Å². The first-order valence-corrected chi connectivity index (χ1v) is 18.5. The summed E-state index contributed by atoms with van der Waals surface area (Å²) >= 11 is 1.85. The minimum Gasteiger partial charge on any atom is -0.309 e. The number of fused-ring (bicyclic) bond motifs is 7. The van der Waals surface area contributed by atoms with Gasteiger partial charge in [0, 0.05) is 42.5 Å². The molecule has 10 rings (SSSR count). The number of para-hydroxylation sites is 3. The maximum absolute atomic E-state index is 4.08. The highest BCUT2D eigenvalue weighted by molar-refractivity contribution is 7.20. The zero-order chi connectivity index (χ0) is 34.8. The molecule has 0 saturated carbocycles. The SMILES string of the molecule is C=C/C=C(/c1cccc(-c2cccc(-n3c4ccccc4c4cc(-n5c6ccccc6c6ccccc65)ccc43)c2)c1)c1sc2ccccc2c1C. The average molecular weight is 683 g/mol. The van der Waals surface area contributed by atoms with Gasteiger partial charge in [-0.15, -0.1) is 11.3 Å². The molecular weight excluding hydrogens is 649 g/mol. The molecule has 0 spiro atoms. The number of hydrogen-bond donors (Lipinski definition) is 0. The monoisotopic (exact) mass is 682 g/mol. The van der Waals surface area contributed by atoms with Crippen molar-refractivity contribution >= 4 is 70.6 Å². The lowest BCUT2D eigenvalue weighted by molar-refractivity contribution is 1.17. The van der Waals surface area contributed by atoms with Crippen molar-refractivity contribution in [2.45, 2.75) is 6.92 Å². The molecule has 0 unspecified atom stereocenters. The van der Waals surface area contributed by atoms with Crippen LogP contribution >= 0.6 is 11.3 Å². The summed E-state index contributed by atoms with van der Waals surface area (Å²) in [5.74, 6) is 0. The highest BCUT2D eigenvalue weighted by Gasteiger charge is 2.18. The fourth-order valence-corrected chi connectivity index (χ4v) is 9.38. The molecule has 0 fully saturated rings. The Bertz CT molecular complexity index is 3000. The lowest BCUT2D eigenvalue weighted by Gasteiger charge is -2.13. The molecule has 0 aliphatic rings. The Morgan fingerprint density at radius 3 is 1.69 bits per heavy atom. The van der Waals surface area contributed by atoms with Crippen molar-refractivity contribution in [1.29, 1.82) is 0 Å². The van der Waals surface area contributed by atoms with Crippen LogP contribution in [0.2, 0.25) is 0 Å². The van der Waals surface area contributed by atoms with E-state index in [2.05, 4.69) is 193 Å². The van der Waals surface area contributed by atoms with Crippen LogP contribution in [-0.2, 0) is 0 Å². The largest absolute Gasteiger partial charge is 0.309 e. The molecule has 0 atom stereocenters. The van der Waals surface area contributed by atoms with Crippen LogP contribution in [0.15, 0.2) is 183 Å². The highest BCUT2D eigenvalue weighted by Crippen LogP contribution is 2.40. The Labute approximate surface area is 306 Å². The van der Waals surface area contributed by atoms with Crippen LogP contribution < -0.4 is 0 Å². The zero-order valence-corrected chi connectivity index (χ0v) is 29.6. The molecule has 3 heteroatoms. The molecule has 246 valence electrons. The molecule has 3 aromatic heterocycles. The van der Waals surface area contributed by atoms with Crippen LogP contribution in [0.5, 0.6) is 0 Å². The van der Waals surface area contributed by atoms with Gasteiger partial charge in [-0.1, -0.05) is 122 Å². The van der Waals surface area contributed by atoms with E-state index in [0.717, 1.165) is 11.4 Å². The van der Waals surface area contributed by atoms with Gasteiger partial charge in [0.05, 0.1) is 22.1 Å². The summed E-state index contributed by atoms with van der Waals surface area (Å²) in [4.78, 5) is 1.29. The van der Waals surface area contributed by atoms with Gasteiger partial charge in [-0.25, -0.2) is 0 Å². The standard InChI is InChI=1S/C49H34N2S/c1-3-14-39(49-32(2)38-19-7-11-26-48(38)52-49)35-17-12-15-33(29-35)34-16-13-18-36(30-34)50-46-25-10-6-22-42(46)43-31-37(27-28-47(43)50)51-44-23-8-4-20-40(44)41-21-5-9-24-45(41)51/h3-31H,1H2,2H3/b39-14-. The number of rotatable bonds is 6. The molecule has 0 amide bonds. The molecule has 0 aliphatic heterocycles. The molecule has 3 heterocycles. The van der Waals surface area contributed by atoms with Gasteiger partial charge in [0.15, 0.2) is 0 Å². The first kappa shape index (κ1) is 30.4. The van der Waals surface area contributed by atoms with Gasteiger partial charge in [0.1, 0.15) is 0 Å². The summed E-state index contributed by atoms with van der Waals surface area (Å²) in [5, 5.41) is 6.33. The van der Waals surface area contributed by atoms with Gasteiger partial charge in [-0.05, 0) is 101 Å². The van der Waals surface area contributed by atoms with Gasteiger partial charge in [0.25, 0.3) is 0 Å². The molecule has 0 N–H and O–H groups in total. The second kappa shape index (κ2) is 12.1. The lowest BCUT2D eigenvalue weighted by atomic mass is 9.96. The minimum absolute atomic E-state index is 1.14. The molecule has 7 aromatic carbocycles. The van der Waals surface area contributed by atoms with E-state index < -0.39 is 0 Å². The predicted molar refractivity (Wildman–Crippen MR) is 224 cm³/mol. The van der Waals surface area contributed by atoms with Crippen molar-refractivity contribution in [2.24, 2.45) is 0 Å². The number of hydrogen-bond acceptors (Lipinski definition) is 1. The first-order chi connectivity index (χ1) is 25.7. The highest BCUT2D eigenvalue weighted by atomic mass is 32.1. The Morgan fingerprint density at radius 2 is 1.04 bits per heavy atom. The topological polar surface area (TPSA) is 9.86 Å². The van der Waals surface area contributed by atoms with E-state index >= 15 is 0 Å². The fraction of sp³-hybridized carbons (Fsp3) is 0.0204. The van der Waals surface area contributed by atoms with Crippen molar-refractivity contribution in [2.75, 3.05) is 0 Å². The smallest absolute Gasteiger partial charge is 0.0542 e. The van der Waals surface area contributed by atoms with Crippen LogP contribution in [0.1, 0.15) is 16.0 Å². The maximum Gasteiger partial charge on any atom is 0.0542 e. The fourth-order valence-electron chi connectivity index (χ4n) is 8.12. The number of benzene rings is 7. The third-order valence-electron chi connectivity index (χ3n) is 10.5. The van der Waals surface area contributed by atoms with Gasteiger partial charge in [-0.2, -0.15) is 0 Å².